The van der Waals surface area contributed by atoms with Crippen LogP contribution in [0.1, 0.15) is 38.1 Å². The molecule has 1 rings (SSSR count). The van der Waals surface area contributed by atoms with E-state index in [2.05, 4.69) is 47.6 Å². The molecular weight excluding hydrogens is 338 g/mol. The van der Waals surface area contributed by atoms with Crippen LogP contribution in [-0.4, -0.2) is 56.3 Å². The van der Waals surface area contributed by atoms with Crippen molar-refractivity contribution < 1.29 is 8.42 Å². The van der Waals surface area contributed by atoms with Crippen molar-refractivity contribution >= 4 is 15.8 Å². The third-order valence-electron chi connectivity index (χ3n) is 4.05. The maximum atomic E-state index is 11.3. The Bertz CT molecular complexity index is 677. The van der Waals surface area contributed by atoms with Crippen LogP contribution in [0, 0.1) is 19.3 Å². The summed E-state index contributed by atoms with van der Waals surface area (Å²) >= 11 is 0. The van der Waals surface area contributed by atoms with Crippen LogP contribution in [0.5, 0.6) is 0 Å². The number of sulfone groups is 1. The second-order valence-electron chi connectivity index (χ2n) is 7.40. The maximum absolute atomic E-state index is 11.3. The van der Waals surface area contributed by atoms with Crippen molar-refractivity contribution in [3.05, 3.63) is 17.5 Å². The Morgan fingerprint density at radius 1 is 1.32 bits per heavy atom. The highest BCUT2D eigenvalue weighted by molar-refractivity contribution is 7.90. The summed E-state index contributed by atoms with van der Waals surface area (Å²) in [4.78, 5) is 4.22. The Morgan fingerprint density at radius 3 is 2.52 bits per heavy atom. The number of rotatable bonds is 9. The Hall–Kier alpha value is -1.57. The van der Waals surface area contributed by atoms with E-state index in [4.69, 9.17) is 0 Å². The molecule has 0 aliphatic carbocycles. The fourth-order valence-corrected chi connectivity index (χ4v) is 3.35. The SMILES string of the molecule is CN=C(NCCCn1nc(C)cc1C)NCC(C)(C)CCS(C)(=O)=O. The molecule has 2 N–H and O–H groups in total. The summed E-state index contributed by atoms with van der Waals surface area (Å²) in [7, 11) is -1.19. The molecule has 0 radical (unpaired) electrons. The third-order valence-corrected chi connectivity index (χ3v) is 5.00. The monoisotopic (exact) mass is 371 g/mol. The number of hydrogen-bond donors (Lipinski definition) is 2. The van der Waals surface area contributed by atoms with E-state index in [0.717, 1.165) is 31.2 Å². The molecule has 8 heteroatoms. The standard InChI is InChI=1S/C17H33N5O2S/c1-14-12-15(2)22(21-14)10-7-9-19-16(18-5)20-13-17(3,4)8-11-25(6,23)24/h12H,7-11,13H2,1-6H3,(H2,18,19,20). The summed E-state index contributed by atoms with van der Waals surface area (Å²) in [5.74, 6) is 0.942. The van der Waals surface area contributed by atoms with E-state index < -0.39 is 9.84 Å². The van der Waals surface area contributed by atoms with E-state index in [1.54, 1.807) is 7.05 Å². The molecule has 0 spiro atoms. The van der Waals surface area contributed by atoms with Gasteiger partial charge in [0.1, 0.15) is 9.84 Å². The summed E-state index contributed by atoms with van der Waals surface area (Å²) in [6.45, 7) is 10.5. The summed E-state index contributed by atoms with van der Waals surface area (Å²) in [6.07, 6.45) is 2.84. The second-order valence-corrected chi connectivity index (χ2v) is 9.66. The second kappa shape index (κ2) is 9.22. The first-order valence-electron chi connectivity index (χ1n) is 8.66. The van der Waals surface area contributed by atoms with Crippen LogP contribution in [0.4, 0.5) is 0 Å². The van der Waals surface area contributed by atoms with Gasteiger partial charge < -0.3 is 10.6 Å². The lowest BCUT2D eigenvalue weighted by Crippen LogP contribution is -2.42. The van der Waals surface area contributed by atoms with E-state index in [1.807, 2.05) is 11.6 Å². The normalized spacial score (nSPS) is 13.1. The summed E-state index contributed by atoms with van der Waals surface area (Å²) < 4.78 is 24.7. The first-order valence-corrected chi connectivity index (χ1v) is 10.7. The molecule has 0 atom stereocenters. The zero-order chi connectivity index (χ0) is 19.1. The molecule has 1 aromatic rings. The molecule has 1 heterocycles. The summed E-state index contributed by atoms with van der Waals surface area (Å²) in [6, 6.07) is 2.08. The van der Waals surface area contributed by atoms with E-state index in [1.165, 1.54) is 11.9 Å². The number of aromatic nitrogens is 2. The number of guanidine groups is 1. The van der Waals surface area contributed by atoms with E-state index in [0.29, 0.717) is 13.0 Å². The van der Waals surface area contributed by atoms with Crippen LogP contribution in [0.2, 0.25) is 0 Å². The van der Waals surface area contributed by atoms with Gasteiger partial charge in [0.2, 0.25) is 0 Å². The predicted octanol–water partition coefficient (Wildman–Crippen LogP) is 1.52. The predicted molar refractivity (Wildman–Crippen MR) is 104 cm³/mol. The zero-order valence-corrected chi connectivity index (χ0v) is 17.2. The fraction of sp³-hybridized carbons (Fsp3) is 0.765. The van der Waals surface area contributed by atoms with E-state index in [-0.39, 0.29) is 11.2 Å². The van der Waals surface area contributed by atoms with Gasteiger partial charge in [-0.2, -0.15) is 5.10 Å². The highest BCUT2D eigenvalue weighted by atomic mass is 32.2. The van der Waals surface area contributed by atoms with Crippen molar-refractivity contribution in [3.8, 4) is 0 Å². The van der Waals surface area contributed by atoms with Crippen molar-refractivity contribution in [2.45, 2.75) is 47.1 Å². The molecule has 0 saturated heterocycles. The maximum Gasteiger partial charge on any atom is 0.190 e. The van der Waals surface area contributed by atoms with Gasteiger partial charge in [-0.15, -0.1) is 0 Å². The quantitative estimate of drug-likeness (QED) is 0.390. The van der Waals surface area contributed by atoms with Gasteiger partial charge in [0.15, 0.2) is 5.96 Å². The van der Waals surface area contributed by atoms with Crippen LogP contribution in [0.3, 0.4) is 0 Å². The van der Waals surface area contributed by atoms with Crippen LogP contribution < -0.4 is 10.6 Å². The molecule has 25 heavy (non-hydrogen) atoms. The minimum atomic E-state index is -2.93. The van der Waals surface area contributed by atoms with E-state index in [9.17, 15) is 8.42 Å². The van der Waals surface area contributed by atoms with Gasteiger partial charge in [-0.25, -0.2) is 8.42 Å². The van der Waals surface area contributed by atoms with Gasteiger partial charge in [-0.05, 0) is 38.2 Å². The Balaban J connectivity index is 2.33. The molecule has 0 saturated carbocycles. The van der Waals surface area contributed by atoms with Crippen molar-refractivity contribution in [2.75, 3.05) is 32.1 Å². The number of hydrogen-bond acceptors (Lipinski definition) is 4. The van der Waals surface area contributed by atoms with Crippen molar-refractivity contribution in [3.63, 3.8) is 0 Å². The van der Waals surface area contributed by atoms with Gasteiger partial charge in [-0.1, -0.05) is 13.8 Å². The van der Waals surface area contributed by atoms with Crippen LogP contribution in [-0.2, 0) is 16.4 Å². The molecule has 144 valence electrons. The smallest absolute Gasteiger partial charge is 0.190 e. The average molecular weight is 372 g/mol. The largest absolute Gasteiger partial charge is 0.356 e. The van der Waals surface area contributed by atoms with Gasteiger partial charge >= 0.3 is 0 Å². The first kappa shape index (κ1) is 21.5. The fourth-order valence-electron chi connectivity index (χ4n) is 2.43. The molecule has 0 unspecified atom stereocenters. The third kappa shape index (κ3) is 8.90. The van der Waals surface area contributed by atoms with Gasteiger partial charge in [0.05, 0.1) is 11.4 Å². The van der Waals surface area contributed by atoms with Crippen LogP contribution in [0.25, 0.3) is 0 Å². The topological polar surface area (TPSA) is 88.4 Å². The molecule has 0 aromatic carbocycles. The molecule has 0 fully saturated rings. The van der Waals surface area contributed by atoms with Crippen LogP contribution in [0.15, 0.2) is 11.1 Å². The van der Waals surface area contributed by atoms with Gasteiger partial charge in [0, 0.05) is 38.6 Å². The Kier molecular flexibility index (Phi) is 7.92. The van der Waals surface area contributed by atoms with Crippen molar-refractivity contribution in [2.24, 2.45) is 10.4 Å². The highest BCUT2D eigenvalue weighted by Crippen LogP contribution is 2.19. The molecule has 1 aromatic heterocycles. The van der Waals surface area contributed by atoms with Crippen molar-refractivity contribution in [1.82, 2.24) is 20.4 Å². The number of aliphatic imine (C=N–C) groups is 1. The van der Waals surface area contributed by atoms with Gasteiger partial charge in [-0.3, -0.25) is 9.67 Å². The minimum absolute atomic E-state index is 0.121. The zero-order valence-electron chi connectivity index (χ0n) is 16.4. The highest BCUT2D eigenvalue weighted by Gasteiger charge is 2.20. The van der Waals surface area contributed by atoms with E-state index >= 15 is 0 Å². The Morgan fingerprint density at radius 2 is 2.00 bits per heavy atom. The lowest BCUT2D eigenvalue weighted by atomic mass is 9.90. The lowest BCUT2D eigenvalue weighted by Gasteiger charge is -2.25. The molecule has 0 aliphatic rings. The molecule has 0 bridgehead atoms. The minimum Gasteiger partial charge on any atom is -0.356 e. The molecule has 0 aliphatic heterocycles. The molecular formula is C17H33N5O2S. The number of nitrogens with one attached hydrogen (secondary N) is 2. The average Bonchev–Trinajstić information content (AvgIpc) is 2.82. The first-order chi connectivity index (χ1) is 11.5. The molecule has 7 nitrogen and oxygen atoms in total. The number of nitrogens with zero attached hydrogens (tertiary/aromatic N) is 3. The molecule has 0 amide bonds. The summed E-state index contributed by atoms with van der Waals surface area (Å²) in [5.41, 5.74) is 2.09. The van der Waals surface area contributed by atoms with Crippen LogP contribution >= 0.6 is 0 Å². The number of aryl methyl sites for hydroxylation is 3. The van der Waals surface area contributed by atoms with Crippen molar-refractivity contribution in [1.29, 1.82) is 0 Å². The Labute approximate surface area is 152 Å². The van der Waals surface area contributed by atoms with Gasteiger partial charge in [0.25, 0.3) is 0 Å². The summed E-state index contributed by atoms with van der Waals surface area (Å²) in [5, 5.41) is 11.0. The lowest BCUT2D eigenvalue weighted by molar-refractivity contribution is 0.348.